The van der Waals surface area contributed by atoms with Gasteiger partial charge in [-0.2, -0.15) is 20.5 Å². The maximum absolute atomic E-state index is 3.67. The predicted octanol–water partition coefficient (Wildman–Crippen LogP) is 0.0191. The van der Waals surface area contributed by atoms with Crippen molar-refractivity contribution in [2.24, 2.45) is 0 Å². The molecule has 0 saturated carbocycles. The van der Waals surface area contributed by atoms with Gasteiger partial charge in [0.25, 0.3) is 0 Å². The highest BCUT2D eigenvalue weighted by Gasteiger charge is 1.58. The van der Waals surface area contributed by atoms with Crippen LogP contribution in [-0.2, 0) is 0 Å². The summed E-state index contributed by atoms with van der Waals surface area (Å²) >= 11 is 0. The minimum absolute atomic E-state index is 1.44. The van der Waals surface area contributed by atoms with Crippen LogP contribution in [0.25, 0.3) is 0 Å². The fraction of sp³-hybridized carbons (Fsp3) is 0. The third-order valence-corrected chi connectivity index (χ3v) is 1.07. The second-order valence-electron chi connectivity index (χ2n) is 2.07. The van der Waals surface area contributed by atoms with Crippen LogP contribution in [0.1, 0.15) is 0 Å². The lowest BCUT2D eigenvalue weighted by Gasteiger charge is -1.48. The van der Waals surface area contributed by atoms with Gasteiger partial charge < -0.3 is 4.98 Å². The largest absolute Gasteiger partial charge is 0.351 e. The van der Waals surface area contributed by atoms with Gasteiger partial charge in [0.15, 0.2) is 0 Å². The third kappa shape index (κ3) is 6.63. The van der Waals surface area contributed by atoms with Crippen molar-refractivity contribution >= 4 is 0 Å². The number of imidazole rings is 1. The predicted molar refractivity (Wildman–Crippen MR) is 51.4 cm³/mol. The van der Waals surface area contributed by atoms with Crippen molar-refractivity contribution < 1.29 is 0 Å². The lowest BCUT2D eigenvalue weighted by atomic mass is 11.0. The number of rotatable bonds is 0. The molecule has 3 aromatic heterocycles. The SMILES string of the molecule is c1c[nH]cn1.c1cn[nH]n1.c1nc[nH]n1. The second-order valence-corrected chi connectivity index (χ2v) is 2.07. The molecule has 0 radical (unpaired) electrons. The maximum atomic E-state index is 3.67. The molecule has 0 amide bonds. The van der Waals surface area contributed by atoms with E-state index in [2.05, 4.69) is 40.6 Å². The molecule has 0 fully saturated rings. The molecule has 3 N–H and O–H groups in total. The van der Waals surface area contributed by atoms with Crippen LogP contribution in [0.3, 0.4) is 0 Å². The van der Waals surface area contributed by atoms with E-state index in [-0.39, 0.29) is 0 Å². The van der Waals surface area contributed by atoms with Crippen LogP contribution in [0.5, 0.6) is 0 Å². The van der Waals surface area contributed by atoms with E-state index >= 15 is 0 Å². The van der Waals surface area contributed by atoms with Crippen LogP contribution in [0.4, 0.5) is 0 Å². The summed E-state index contributed by atoms with van der Waals surface area (Å²) in [5, 5.41) is 15.3. The molecule has 0 aliphatic heterocycles. The van der Waals surface area contributed by atoms with Gasteiger partial charge in [-0.05, 0) is 0 Å². The first-order valence-corrected chi connectivity index (χ1v) is 4.01. The van der Waals surface area contributed by atoms with Gasteiger partial charge in [0.05, 0.1) is 18.7 Å². The van der Waals surface area contributed by atoms with E-state index in [1.807, 2.05) is 0 Å². The molecule has 3 rings (SSSR count). The van der Waals surface area contributed by atoms with E-state index in [0.29, 0.717) is 0 Å². The summed E-state index contributed by atoms with van der Waals surface area (Å²) in [5.41, 5.74) is 0. The van der Waals surface area contributed by atoms with Gasteiger partial charge >= 0.3 is 0 Å². The van der Waals surface area contributed by atoms with Crippen LogP contribution in [0.2, 0.25) is 0 Å². The van der Waals surface area contributed by atoms with E-state index in [1.54, 1.807) is 31.1 Å². The quantitative estimate of drug-likeness (QED) is 0.480. The number of H-pyrrole nitrogens is 3. The summed E-state index contributed by atoms with van der Waals surface area (Å²) in [6.07, 6.45) is 11.2. The lowest BCUT2D eigenvalue weighted by Crippen LogP contribution is -1.61. The Morgan fingerprint density at radius 3 is 1.87 bits per heavy atom. The molecular weight excluding hydrogens is 196 g/mol. The Balaban J connectivity index is 0.000000112. The van der Waals surface area contributed by atoms with Crippen molar-refractivity contribution in [1.82, 2.24) is 40.6 Å². The first kappa shape index (κ1) is 10.6. The molecule has 0 bridgehead atoms. The summed E-state index contributed by atoms with van der Waals surface area (Å²) in [5.74, 6) is 0. The number of aromatic nitrogens is 8. The van der Waals surface area contributed by atoms with Crippen LogP contribution in [0.15, 0.2) is 43.8 Å². The van der Waals surface area contributed by atoms with Gasteiger partial charge in [-0.1, -0.05) is 0 Å². The Morgan fingerprint density at radius 1 is 0.800 bits per heavy atom. The summed E-state index contributed by atoms with van der Waals surface area (Å²) in [7, 11) is 0. The lowest BCUT2D eigenvalue weighted by molar-refractivity contribution is 0.940. The zero-order valence-electron chi connectivity index (χ0n) is 7.78. The van der Waals surface area contributed by atoms with Gasteiger partial charge in [-0.3, -0.25) is 5.10 Å². The van der Waals surface area contributed by atoms with Crippen LogP contribution in [-0.4, -0.2) is 40.6 Å². The van der Waals surface area contributed by atoms with Gasteiger partial charge in [-0.15, -0.1) is 0 Å². The van der Waals surface area contributed by atoms with E-state index < -0.39 is 0 Å². The Hall–Kier alpha value is -2.51. The molecular formula is C7H10N8. The minimum Gasteiger partial charge on any atom is -0.351 e. The standard InChI is InChI=1S/C3H4N2.2C2H3N3/c1-2-5-3-4-1;1-3-2-5-4-1;1-2-4-5-3-1/h1-3H,(H,4,5);2*1-2H,(H,3,4,5). The maximum Gasteiger partial charge on any atom is 0.137 e. The highest BCUT2D eigenvalue weighted by Crippen LogP contribution is 1.62. The molecule has 8 nitrogen and oxygen atoms in total. The number of hydrogen-bond donors (Lipinski definition) is 3. The van der Waals surface area contributed by atoms with Gasteiger partial charge in [0.1, 0.15) is 12.7 Å². The number of nitrogens with one attached hydrogen (secondary N) is 3. The van der Waals surface area contributed by atoms with Crippen molar-refractivity contribution in [3.05, 3.63) is 43.8 Å². The first-order valence-electron chi connectivity index (χ1n) is 4.01. The molecule has 15 heavy (non-hydrogen) atoms. The molecule has 0 atom stereocenters. The molecule has 0 spiro atoms. The average molecular weight is 206 g/mol. The highest BCUT2D eigenvalue weighted by atomic mass is 15.3. The molecule has 0 unspecified atom stereocenters. The topological polar surface area (TPSA) is 112 Å². The second kappa shape index (κ2) is 8.10. The van der Waals surface area contributed by atoms with Gasteiger partial charge in [0.2, 0.25) is 0 Å². The van der Waals surface area contributed by atoms with E-state index in [9.17, 15) is 0 Å². The molecule has 0 aromatic carbocycles. The Kier molecular flexibility index (Phi) is 5.71. The zero-order chi connectivity index (χ0) is 10.6. The molecule has 3 heterocycles. The average Bonchev–Trinajstić information content (AvgIpc) is 3.09. The molecule has 0 saturated heterocycles. The molecule has 78 valence electrons. The fourth-order valence-electron chi connectivity index (χ4n) is 0.548. The van der Waals surface area contributed by atoms with Crippen LogP contribution < -0.4 is 0 Å². The number of aromatic amines is 3. The zero-order valence-corrected chi connectivity index (χ0v) is 7.78. The van der Waals surface area contributed by atoms with E-state index in [1.165, 1.54) is 12.7 Å². The van der Waals surface area contributed by atoms with Crippen molar-refractivity contribution in [1.29, 1.82) is 0 Å². The summed E-state index contributed by atoms with van der Waals surface area (Å²) in [4.78, 5) is 9.97. The first-order chi connectivity index (χ1) is 7.50. The Bertz CT molecular complexity index is 247. The normalized spacial score (nSPS) is 8.00. The van der Waals surface area contributed by atoms with Crippen molar-refractivity contribution in [3.63, 3.8) is 0 Å². The summed E-state index contributed by atoms with van der Waals surface area (Å²) < 4.78 is 0. The summed E-state index contributed by atoms with van der Waals surface area (Å²) in [6.45, 7) is 0. The number of nitrogens with zero attached hydrogens (tertiary/aromatic N) is 5. The van der Waals surface area contributed by atoms with E-state index in [0.717, 1.165) is 0 Å². The number of hydrogen-bond acceptors (Lipinski definition) is 5. The summed E-state index contributed by atoms with van der Waals surface area (Å²) in [6, 6.07) is 0. The Morgan fingerprint density at radius 2 is 1.67 bits per heavy atom. The Labute approximate surface area is 85.2 Å². The molecule has 0 aliphatic rings. The monoisotopic (exact) mass is 206 g/mol. The third-order valence-electron chi connectivity index (χ3n) is 1.07. The van der Waals surface area contributed by atoms with Crippen molar-refractivity contribution in [2.45, 2.75) is 0 Å². The van der Waals surface area contributed by atoms with Crippen LogP contribution in [0, 0.1) is 0 Å². The van der Waals surface area contributed by atoms with Crippen molar-refractivity contribution in [2.75, 3.05) is 0 Å². The molecule has 8 heteroatoms. The van der Waals surface area contributed by atoms with Gasteiger partial charge in [-0.25, -0.2) is 9.97 Å². The smallest absolute Gasteiger partial charge is 0.137 e. The van der Waals surface area contributed by atoms with Crippen LogP contribution >= 0.6 is 0 Å². The molecule has 0 aliphatic carbocycles. The van der Waals surface area contributed by atoms with E-state index in [4.69, 9.17) is 0 Å². The molecule has 3 aromatic rings. The minimum atomic E-state index is 1.44. The highest BCUT2D eigenvalue weighted by molar-refractivity contribution is 4.64. The fourth-order valence-corrected chi connectivity index (χ4v) is 0.548. The van der Waals surface area contributed by atoms with Gasteiger partial charge in [0, 0.05) is 12.4 Å². The van der Waals surface area contributed by atoms with Crippen molar-refractivity contribution in [3.8, 4) is 0 Å².